The molecule has 1 atom stereocenters. The third-order valence-electron chi connectivity index (χ3n) is 6.75. The number of para-hydroxylation sites is 1. The lowest BCUT2D eigenvalue weighted by molar-refractivity contribution is 0.686. The Hall–Kier alpha value is -2.43. The molecule has 1 aliphatic carbocycles. The molecular weight excluding hydrogens is 422 g/mol. The summed E-state index contributed by atoms with van der Waals surface area (Å²) in [5, 5.41) is 1.45. The largest absolute Gasteiger partial charge is 0.322 e. The Kier molecular flexibility index (Phi) is 4.55. The van der Waals surface area contributed by atoms with Crippen LogP contribution in [-0.2, 0) is 19.3 Å². The van der Waals surface area contributed by atoms with Gasteiger partial charge in [0.25, 0.3) is 0 Å². The van der Waals surface area contributed by atoms with Gasteiger partial charge in [0.2, 0.25) is 5.28 Å². The highest BCUT2D eigenvalue weighted by atomic mass is 35.5. The lowest BCUT2D eigenvalue weighted by atomic mass is 9.89. The first-order valence-corrected chi connectivity index (χ1v) is 12.3. The van der Waals surface area contributed by atoms with Gasteiger partial charge < -0.3 is 4.90 Å². The summed E-state index contributed by atoms with van der Waals surface area (Å²) in [5.41, 5.74) is 8.13. The van der Waals surface area contributed by atoms with Crippen molar-refractivity contribution >= 4 is 44.7 Å². The third-order valence-corrected chi connectivity index (χ3v) is 7.92. The summed E-state index contributed by atoms with van der Waals surface area (Å²) in [6.07, 6.45) is 5.97. The van der Waals surface area contributed by atoms with Crippen molar-refractivity contribution in [3.8, 4) is 11.1 Å². The van der Waals surface area contributed by atoms with Gasteiger partial charge in [0, 0.05) is 22.2 Å². The van der Waals surface area contributed by atoms with Gasteiger partial charge in [-0.1, -0.05) is 36.4 Å². The number of rotatable bonds is 2. The van der Waals surface area contributed by atoms with E-state index in [1.54, 1.807) is 11.3 Å². The van der Waals surface area contributed by atoms with Gasteiger partial charge in [-0.25, -0.2) is 4.98 Å². The predicted octanol–water partition coefficient (Wildman–Crippen LogP) is 7.28. The topological polar surface area (TPSA) is 29.0 Å². The maximum Gasteiger partial charge on any atom is 0.225 e. The molecule has 0 saturated carbocycles. The molecule has 0 spiro atoms. The van der Waals surface area contributed by atoms with Crippen LogP contribution in [0.15, 0.2) is 42.5 Å². The molecule has 31 heavy (non-hydrogen) atoms. The fourth-order valence-electron chi connectivity index (χ4n) is 5.37. The van der Waals surface area contributed by atoms with E-state index >= 15 is 0 Å². The molecule has 6 rings (SSSR count). The number of halogens is 1. The fraction of sp³-hybridized carbons (Fsp3) is 0.308. The summed E-state index contributed by atoms with van der Waals surface area (Å²) in [4.78, 5) is 14.0. The minimum absolute atomic E-state index is 0.317. The molecule has 0 fully saturated rings. The highest BCUT2D eigenvalue weighted by Crippen LogP contribution is 2.47. The maximum absolute atomic E-state index is 6.44. The number of benzene rings is 2. The Balaban J connectivity index is 1.61. The van der Waals surface area contributed by atoms with Crippen molar-refractivity contribution in [2.75, 3.05) is 4.90 Å². The van der Waals surface area contributed by atoms with Gasteiger partial charge in [-0.3, -0.25) is 0 Å². The fourth-order valence-corrected chi connectivity index (χ4v) is 6.62. The molecule has 2 aromatic carbocycles. The van der Waals surface area contributed by atoms with Crippen LogP contribution < -0.4 is 4.90 Å². The maximum atomic E-state index is 6.44. The molecule has 156 valence electrons. The highest BCUT2D eigenvalue weighted by molar-refractivity contribution is 7.19. The smallest absolute Gasteiger partial charge is 0.225 e. The number of fused-ring (bicyclic) bond motifs is 3. The summed E-state index contributed by atoms with van der Waals surface area (Å²) in [6, 6.07) is 16.0. The molecule has 1 unspecified atom stereocenters. The Morgan fingerprint density at radius 3 is 2.68 bits per heavy atom. The zero-order valence-electron chi connectivity index (χ0n) is 17.8. The molecule has 0 saturated heterocycles. The Morgan fingerprint density at radius 1 is 1.00 bits per heavy atom. The number of hydrogen-bond donors (Lipinski definition) is 0. The van der Waals surface area contributed by atoms with Gasteiger partial charge in [0.15, 0.2) is 0 Å². The molecule has 0 bridgehead atoms. The second kappa shape index (κ2) is 7.32. The second-order valence-electron chi connectivity index (χ2n) is 8.77. The van der Waals surface area contributed by atoms with Crippen molar-refractivity contribution in [2.24, 2.45) is 0 Å². The van der Waals surface area contributed by atoms with Crippen LogP contribution in [0.1, 0.15) is 41.3 Å². The van der Waals surface area contributed by atoms with Crippen LogP contribution >= 0.6 is 22.9 Å². The van der Waals surface area contributed by atoms with Crippen LogP contribution in [0.4, 0.5) is 11.5 Å². The standard InChI is InChI=1S/C26H24ClN3S/c1-15-13-19-9-5-6-10-21(19)30(15)24-23-22(16(2)31-25(23)29-26(27)28-24)20-12-11-17-7-3-4-8-18(17)14-20/h5-6,9-12,14-15H,3-4,7-8,13H2,1-2H3. The molecular formula is C26H24ClN3S. The summed E-state index contributed by atoms with van der Waals surface area (Å²) in [7, 11) is 0. The van der Waals surface area contributed by atoms with E-state index in [0.717, 1.165) is 22.5 Å². The number of anilines is 2. The summed E-state index contributed by atoms with van der Waals surface area (Å²) in [5.74, 6) is 0.935. The lowest BCUT2D eigenvalue weighted by Crippen LogP contribution is -2.25. The molecule has 3 nitrogen and oxygen atoms in total. The summed E-state index contributed by atoms with van der Waals surface area (Å²) < 4.78 is 0. The minimum Gasteiger partial charge on any atom is -0.322 e. The first kappa shape index (κ1) is 19.3. The number of thiophene rings is 1. The van der Waals surface area contributed by atoms with Crippen molar-refractivity contribution in [3.63, 3.8) is 0 Å². The van der Waals surface area contributed by atoms with E-state index in [1.807, 2.05) is 0 Å². The number of aryl methyl sites for hydroxylation is 3. The van der Waals surface area contributed by atoms with Crippen LogP contribution in [0.25, 0.3) is 21.3 Å². The van der Waals surface area contributed by atoms with Crippen molar-refractivity contribution in [2.45, 2.75) is 52.0 Å². The summed E-state index contributed by atoms with van der Waals surface area (Å²) in [6.45, 7) is 4.46. The van der Waals surface area contributed by atoms with Crippen molar-refractivity contribution in [3.05, 3.63) is 69.3 Å². The number of aromatic nitrogens is 2. The molecule has 3 heterocycles. The molecule has 0 radical (unpaired) electrons. The van der Waals surface area contributed by atoms with Crippen LogP contribution in [0.3, 0.4) is 0 Å². The van der Waals surface area contributed by atoms with E-state index in [-0.39, 0.29) is 0 Å². The summed E-state index contributed by atoms with van der Waals surface area (Å²) >= 11 is 8.16. The number of nitrogens with zero attached hydrogens (tertiary/aromatic N) is 3. The van der Waals surface area contributed by atoms with Crippen LogP contribution in [-0.4, -0.2) is 16.0 Å². The monoisotopic (exact) mass is 445 g/mol. The second-order valence-corrected chi connectivity index (χ2v) is 10.3. The van der Waals surface area contributed by atoms with Crippen molar-refractivity contribution in [1.29, 1.82) is 0 Å². The molecule has 2 aromatic heterocycles. The quantitative estimate of drug-likeness (QED) is 0.303. The van der Waals surface area contributed by atoms with E-state index in [2.05, 4.69) is 66.2 Å². The zero-order chi connectivity index (χ0) is 21.1. The van der Waals surface area contributed by atoms with E-state index in [4.69, 9.17) is 16.6 Å². The van der Waals surface area contributed by atoms with Gasteiger partial charge in [-0.05, 0) is 85.9 Å². The predicted molar refractivity (Wildman–Crippen MR) is 131 cm³/mol. The van der Waals surface area contributed by atoms with Gasteiger partial charge in [-0.15, -0.1) is 11.3 Å². The SMILES string of the molecule is Cc1sc2nc(Cl)nc(N3c4ccccc4CC3C)c2c1-c1ccc2c(c1)CCCC2. The lowest BCUT2D eigenvalue weighted by Gasteiger charge is -2.25. The highest BCUT2D eigenvalue weighted by Gasteiger charge is 2.31. The average Bonchev–Trinajstić information content (AvgIpc) is 3.28. The first-order valence-electron chi connectivity index (χ1n) is 11.1. The molecule has 5 heteroatoms. The van der Waals surface area contributed by atoms with Gasteiger partial charge in [0.1, 0.15) is 10.6 Å². The molecule has 0 amide bonds. The van der Waals surface area contributed by atoms with Gasteiger partial charge in [0.05, 0.1) is 5.39 Å². The van der Waals surface area contributed by atoms with Crippen molar-refractivity contribution in [1.82, 2.24) is 9.97 Å². The zero-order valence-corrected chi connectivity index (χ0v) is 19.4. The minimum atomic E-state index is 0.317. The first-order chi connectivity index (χ1) is 15.1. The third kappa shape index (κ3) is 3.07. The van der Waals surface area contributed by atoms with Crippen molar-refractivity contribution < 1.29 is 0 Å². The van der Waals surface area contributed by atoms with E-state index in [0.29, 0.717) is 11.3 Å². The Bertz CT molecular complexity index is 1330. The molecule has 0 N–H and O–H groups in total. The van der Waals surface area contributed by atoms with Crippen LogP contribution in [0.2, 0.25) is 5.28 Å². The van der Waals surface area contributed by atoms with Crippen LogP contribution in [0, 0.1) is 6.92 Å². The van der Waals surface area contributed by atoms with Crippen LogP contribution in [0.5, 0.6) is 0 Å². The number of hydrogen-bond acceptors (Lipinski definition) is 4. The van der Waals surface area contributed by atoms with Gasteiger partial charge in [-0.2, -0.15) is 4.98 Å². The van der Waals surface area contributed by atoms with Gasteiger partial charge >= 0.3 is 0 Å². The molecule has 1 aliphatic heterocycles. The van der Waals surface area contributed by atoms with E-state index in [1.165, 1.54) is 64.1 Å². The Morgan fingerprint density at radius 2 is 1.81 bits per heavy atom. The van der Waals surface area contributed by atoms with E-state index < -0.39 is 0 Å². The molecule has 4 aromatic rings. The molecule has 2 aliphatic rings. The Labute approximate surface area is 191 Å². The normalized spacial score (nSPS) is 17.8. The van der Waals surface area contributed by atoms with E-state index in [9.17, 15) is 0 Å². The average molecular weight is 446 g/mol.